The molecule has 5 heteroatoms. The van der Waals surface area contributed by atoms with Gasteiger partial charge in [0.2, 0.25) is 5.91 Å². The Kier molecular flexibility index (Phi) is 5.84. The van der Waals surface area contributed by atoms with Crippen LogP contribution in [0.1, 0.15) is 30.0 Å². The molecule has 0 aliphatic carbocycles. The molecule has 26 heavy (non-hydrogen) atoms. The molecule has 0 saturated carbocycles. The number of aryl methyl sites for hydroxylation is 2. The third kappa shape index (κ3) is 4.20. The van der Waals surface area contributed by atoms with E-state index >= 15 is 0 Å². The van der Waals surface area contributed by atoms with Crippen LogP contribution in [0.2, 0.25) is 5.02 Å². The van der Waals surface area contributed by atoms with Crippen LogP contribution in [0.5, 0.6) is 11.5 Å². The van der Waals surface area contributed by atoms with E-state index in [1.807, 2.05) is 31.2 Å². The van der Waals surface area contributed by atoms with Crippen LogP contribution in [-0.4, -0.2) is 19.1 Å². The second-order valence-corrected chi connectivity index (χ2v) is 6.57. The van der Waals surface area contributed by atoms with Crippen molar-refractivity contribution in [3.8, 4) is 11.5 Å². The predicted octanol–water partition coefficient (Wildman–Crippen LogP) is 5.02. The molecule has 2 aromatic rings. The van der Waals surface area contributed by atoms with Gasteiger partial charge < -0.3 is 14.8 Å². The number of nitrogens with one attached hydrogen (secondary N) is 1. The SMILES string of the molecule is CCc1cccc(C)c1NC(=O)C=Cc1cc(Cl)c2c(c1)OCCCO2. The maximum absolute atomic E-state index is 12.3. The maximum atomic E-state index is 12.3. The molecule has 1 amide bonds. The van der Waals surface area contributed by atoms with Crippen LogP contribution in [0.15, 0.2) is 36.4 Å². The van der Waals surface area contributed by atoms with Crippen LogP contribution >= 0.6 is 11.6 Å². The topological polar surface area (TPSA) is 47.6 Å². The van der Waals surface area contributed by atoms with Crippen LogP contribution in [0.3, 0.4) is 0 Å². The van der Waals surface area contributed by atoms with Crippen LogP contribution in [0, 0.1) is 6.92 Å². The molecule has 1 heterocycles. The van der Waals surface area contributed by atoms with Gasteiger partial charge in [0.05, 0.1) is 18.2 Å². The molecule has 1 aliphatic rings. The quantitative estimate of drug-likeness (QED) is 0.767. The molecule has 0 saturated heterocycles. The molecule has 3 rings (SSSR count). The van der Waals surface area contributed by atoms with E-state index in [4.69, 9.17) is 21.1 Å². The second kappa shape index (κ2) is 8.28. The lowest BCUT2D eigenvalue weighted by Crippen LogP contribution is -2.11. The van der Waals surface area contributed by atoms with Crippen LogP contribution in [0.25, 0.3) is 6.08 Å². The number of ether oxygens (including phenoxy) is 2. The summed E-state index contributed by atoms with van der Waals surface area (Å²) in [4.78, 5) is 12.3. The van der Waals surface area contributed by atoms with Gasteiger partial charge in [0.1, 0.15) is 0 Å². The van der Waals surface area contributed by atoms with Crippen molar-refractivity contribution in [1.29, 1.82) is 0 Å². The molecule has 0 bridgehead atoms. The summed E-state index contributed by atoms with van der Waals surface area (Å²) in [5, 5.41) is 3.46. The number of rotatable bonds is 4. The van der Waals surface area contributed by atoms with Gasteiger partial charge in [0.25, 0.3) is 0 Å². The van der Waals surface area contributed by atoms with Gasteiger partial charge in [-0.3, -0.25) is 4.79 Å². The average molecular weight is 372 g/mol. The zero-order valence-electron chi connectivity index (χ0n) is 15.0. The molecular weight excluding hydrogens is 350 g/mol. The van der Waals surface area contributed by atoms with E-state index in [-0.39, 0.29) is 5.91 Å². The van der Waals surface area contributed by atoms with Crippen molar-refractivity contribution < 1.29 is 14.3 Å². The van der Waals surface area contributed by atoms with Crippen molar-refractivity contribution in [2.24, 2.45) is 0 Å². The van der Waals surface area contributed by atoms with Crippen molar-refractivity contribution >= 4 is 29.3 Å². The molecule has 1 N–H and O–H groups in total. The lowest BCUT2D eigenvalue weighted by molar-refractivity contribution is -0.111. The van der Waals surface area contributed by atoms with Crippen LogP contribution in [-0.2, 0) is 11.2 Å². The molecular formula is C21H22ClNO3. The van der Waals surface area contributed by atoms with E-state index in [9.17, 15) is 4.79 Å². The summed E-state index contributed by atoms with van der Waals surface area (Å²) in [6.07, 6.45) is 4.90. The van der Waals surface area contributed by atoms with Gasteiger partial charge in [-0.25, -0.2) is 0 Å². The van der Waals surface area contributed by atoms with Gasteiger partial charge in [0, 0.05) is 18.2 Å². The first kappa shape index (κ1) is 18.3. The van der Waals surface area contributed by atoms with Gasteiger partial charge >= 0.3 is 0 Å². The van der Waals surface area contributed by atoms with Gasteiger partial charge in [-0.15, -0.1) is 0 Å². The number of para-hydroxylation sites is 1. The first-order valence-corrected chi connectivity index (χ1v) is 9.13. The van der Waals surface area contributed by atoms with Crippen LogP contribution < -0.4 is 14.8 Å². The second-order valence-electron chi connectivity index (χ2n) is 6.17. The third-order valence-corrected chi connectivity index (χ3v) is 4.52. The fourth-order valence-electron chi connectivity index (χ4n) is 2.89. The standard InChI is InChI=1S/C21H22ClNO3/c1-3-16-7-4-6-14(2)20(16)23-19(24)9-8-15-12-17(22)21-18(13-15)25-10-5-11-26-21/h4,6-9,12-13H,3,5,10-11H2,1-2H3,(H,23,24). The molecule has 136 valence electrons. The number of amides is 1. The number of fused-ring (bicyclic) bond motifs is 1. The van der Waals surface area contributed by atoms with E-state index in [0.29, 0.717) is 29.7 Å². The number of hydrogen-bond donors (Lipinski definition) is 1. The molecule has 0 unspecified atom stereocenters. The first-order valence-electron chi connectivity index (χ1n) is 8.75. The molecule has 4 nitrogen and oxygen atoms in total. The summed E-state index contributed by atoms with van der Waals surface area (Å²) >= 11 is 6.29. The van der Waals surface area contributed by atoms with Crippen molar-refractivity contribution in [3.05, 3.63) is 58.1 Å². The lowest BCUT2D eigenvalue weighted by atomic mass is 10.1. The maximum Gasteiger partial charge on any atom is 0.248 e. The van der Waals surface area contributed by atoms with Gasteiger partial charge in [0.15, 0.2) is 11.5 Å². The van der Waals surface area contributed by atoms with Crippen molar-refractivity contribution in [2.45, 2.75) is 26.7 Å². The Labute approximate surface area is 158 Å². The lowest BCUT2D eigenvalue weighted by Gasteiger charge is -2.12. The Hall–Kier alpha value is -2.46. The monoisotopic (exact) mass is 371 g/mol. The van der Waals surface area contributed by atoms with E-state index in [1.54, 1.807) is 12.1 Å². The summed E-state index contributed by atoms with van der Waals surface area (Å²) in [7, 11) is 0. The van der Waals surface area contributed by atoms with Crippen molar-refractivity contribution in [3.63, 3.8) is 0 Å². The number of hydrogen-bond acceptors (Lipinski definition) is 3. The summed E-state index contributed by atoms with van der Waals surface area (Å²) in [6.45, 7) is 5.23. The molecule has 1 aliphatic heterocycles. The predicted molar refractivity (Wildman–Crippen MR) is 105 cm³/mol. The smallest absolute Gasteiger partial charge is 0.248 e. The molecule has 0 fully saturated rings. The van der Waals surface area contributed by atoms with Gasteiger partial charge in [-0.2, -0.15) is 0 Å². The molecule has 0 aromatic heterocycles. The number of halogens is 1. The van der Waals surface area contributed by atoms with E-state index in [0.717, 1.165) is 35.2 Å². The number of carbonyl (C=O) groups is 1. The fraction of sp³-hybridized carbons (Fsp3) is 0.286. The largest absolute Gasteiger partial charge is 0.489 e. The average Bonchev–Trinajstić information content (AvgIpc) is 2.87. The number of benzene rings is 2. The molecule has 0 spiro atoms. The minimum Gasteiger partial charge on any atom is -0.489 e. The van der Waals surface area contributed by atoms with Crippen molar-refractivity contribution in [2.75, 3.05) is 18.5 Å². The summed E-state index contributed by atoms with van der Waals surface area (Å²) < 4.78 is 11.3. The minimum absolute atomic E-state index is 0.183. The highest BCUT2D eigenvalue weighted by molar-refractivity contribution is 6.32. The highest BCUT2D eigenvalue weighted by atomic mass is 35.5. The highest BCUT2D eigenvalue weighted by Crippen LogP contribution is 2.38. The number of anilines is 1. The summed E-state index contributed by atoms with van der Waals surface area (Å²) in [6, 6.07) is 9.61. The Morgan fingerprint density at radius 1 is 1.27 bits per heavy atom. The Morgan fingerprint density at radius 3 is 2.88 bits per heavy atom. The van der Waals surface area contributed by atoms with Gasteiger partial charge in [-0.1, -0.05) is 36.7 Å². The van der Waals surface area contributed by atoms with Gasteiger partial charge in [-0.05, 0) is 48.2 Å². The molecule has 0 radical (unpaired) electrons. The summed E-state index contributed by atoms with van der Waals surface area (Å²) in [5.41, 5.74) is 3.83. The number of carbonyl (C=O) groups excluding carboxylic acids is 1. The minimum atomic E-state index is -0.183. The van der Waals surface area contributed by atoms with E-state index in [1.165, 1.54) is 6.08 Å². The normalized spacial score (nSPS) is 13.5. The zero-order valence-corrected chi connectivity index (χ0v) is 15.7. The Morgan fingerprint density at radius 2 is 2.08 bits per heavy atom. The van der Waals surface area contributed by atoms with E-state index in [2.05, 4.69) is 12.2 Å². The van der Waals surface area contributed by atoms with Crippen molar-refractivity contribution in [1.82, 2.24) is 0 Å². The zero-order chi connectivity index (χ0) is 18.5. The Bertz CT molecular complexity index is 845. The molecule has 2 aromatic carbocycles. The molecule has 0 atom stereocenters. The highest BCUT2D eigenvalue weighted by Gasteiger charge is 2.15. The van der Waals surface area contributed by atoms with Crippen LogP contribution in [0.4, 0.5) is 5.69 Å². The fourth-order valence-corrected chi connectivity index (χ4v) is 3.16. The third-order valence-electron chi connectivity index (χ3n) is 4.24. The summed E-state index contributed by atoms with van der Waals surface area (Å²) in [5.74, 6) is 0.998. The van der Waals surface area contributed by atoms with E-state index < -0.39 is 0 Å². The Balaban J connectivity index is 1.77. The first-order chi connectivity index (χ1) is 12.6.